The van der Waals surface area contributed by atoms with Gasteiger partial charge < -0.3 is 10.6 Å². The summed E-state index contributed by atoms with van der Waals surface area (Å²) < 4.78 is 13.0. The average molecular weight is 359 g/mol. The summed E-state index contributed by atoms with van der Waals surface area (Å²) in [6, 6.07) is 8.89. The zero-order chi connectivity index (χ0) is 18.2. The van der Waals surface area contributed by atoms with Gasteiger partial charge in [0, 0.05) is 29.3 Å². The largest absolute Gasteiger partial charge is 0.357 e. The van der Waals surface area contributed by atoms with Crippen molar-refractivity contribution in [1.82, 2.24) is 10.3 Å². The number of amides is 1. The number of nitrogens with zero attached hydrogens (tertiary/aromatic N) is 2. The second-order valence-corrected chi connectivity index (χ2v) is 5.38. The SMILES string of the molecule is C=N/C=C\C(NC(=O)c1ccnc(Cl)c1)=C(/C)Nc1ccc(F)cc1. The number of aliphatic imine (C=N–C) groups is 1. The molecule has 5 nitrogen and oxygen atoms in total. The van der Waals surface area contributed by atoms with Gasteiger partial charge in [-0.3, -0.25) is 9.79 Å². The molecule has 2 rings (SSSR count). The normalized spacial score (nSPS) is 11.8. The highest BCUT2D eigenvalue weighted by Gasteiger charge is 2.10. The zero-order valence-corrected chi connectivity index (χ0v) is 14.2. The van der Waals surface area contributed by atoms with Crippen LogP contribution in [0.1, 0.15) is 17.3 Å². The summed E-state index contributed by atoms with van der Waals surface area (Å²) in [5.74, 6) is -0.681. The predicted octanol–water partition coefficient (Wildman–Crippen LogP) is 4.16. The van der Waals surface area contributed by atoms with Crippen LogP contribution in [0.5, 0.6) is 0 Å². The smallest absolute Gasteiger partial charge is 0.255 e. The minimum atomic E-state index is -0.353. The number of rotatable bonds is 6. The first-order chi connectivity index (χ1) is 12.0. The van der Waals surface area contributed by atoms with Gasteiger partial charge in [-0.2, -0.15) is 0 Å². The van der Waals surface area contributed by atoms with E-state index in [0.717, 1.165) is 0 Å². The Morgan fingerprint density at radius 3 is 2.68 bits per heavy atom. The van der Waals surface area contributed by atoms with Gasteiger partial charge in [0.1, 0.15) is 11.0 Å². The van der Waals surface area contributed by atoms with E-state index in [9.17, 15) is 9.18 Å². The van der Waals surface area contributed by atoms with Crippen LogP contribution in [-0.2, 0) is 0 Å². The Morgan fingerprint density at radius 1 is 1.32 bits per heavy atom. The molecule has 0 unspecified atom stereocenters. The van der Waals surface area contributed by atoms with Crippen molar-refractivity contribution in [2.75, 3.05) is 5.32 Å². The van der Waals surface area contributed by atoms with Crippen molar-refractivity contribution >= 4 is 29.9 Å². The van der Waals surface area contributed by atoms with E-state index in [-0.39, 0.29) is 16.9 Å². The van der Waals surface area contributed by atoms with Gasteiger partial charge in [-0.1, -0.05) is 11.6 Å². The van der Waals surface area contributed by atoms with Crippen LogP contribution in [0.15, 0.2) is 71.3 Å². The number of hydrogen-bond acceptors (Lipinski definition) is 4. The third kappa shape index (κ3) is 5.54. The second-order valence-electron chi connectivity index (χ2n) is 4.99. The van der Waals surface area contributed by atoms with Crippen molar-refractivity contribution in [1.29, 1.82) is 0 Å². The highest BCUT2D eigenvalue weighted by Crippen LogP contribution is 2.14. The van der Waals surface area contributed by atoms with Gasteiger partial charge in [-0.05, 0) is 56.1 Å². The first kappa shape index (κ1) is 18.4. The Labute approximate surface area is 150 Å². The van der Waals surface area contributed by atoms with Crippen molar-refractivity contribution in [3.05, 3.63) is 82.8 Å². The van der Waals surface area contributed by atoms with Crippen LogP contribution in [0.25, 0.3) is 0 Å². The van der Waals surface area contributed by atoms with Gasteiger partial charge >= 0.3 is 0 Å². The van der Waals surface area contributed by atoms with Crippen LogP contribution in [0.4, 0.5) is 10.1 Å². The van der Waals surface area contributed by atoms with Gasteiger partial charge in [0.25, 0.3) is 5.91 Å². The monoisotopic (exact) mass is 358 g/mol. The molecule has 0 fully saturated rings. The zero-order valence-electron chi connectivity index (χ0n) is 13.5. The maximum absolute atomic E-state index is 13.0. The van der Waals surface area contributed by atoms with E-state index in [1.54, 1.807) is 31.2 Å². The number of halogens is 2. The summed E-state index contributed by atoms with van der Waals surface area (Å²) in [5, 5.41) is 6.09. The number of anilines is 1. The van der Waals surface area contributed by atoms with Gasteiger partial charge in [-0.25, -0.2) is 9.37 Å². The molecule has 1 aromatic heterocycles. The number of allylic oxidation sites excluding steroid dienone is 2. The molecule has 0 spiro atoms. The van der Waals surface area contributed by atoms with Gasteiger partial charge in [0.05, 0.1) is 5.70 Å². The van der Waals surface area contributed by atoms with Gasteiger partial charge in [0.15, 0.2) is 0 Å². The topological polar surface area (TPSA) is 66.4 Å². The van der Waals surface area contributed by atoms with Crippen LogP contribution >= 0.6 is 11.6 Å². The molecule has 0 aliphatic heterocycles. The molecular formula is C18H16ClFN4O. The third-order valence-electron chi connectivity index (χ3n) is 3.16. The Hall–Kier alpha value is -2.99. The lowest BCUT2D eigenvalue weighted by molar-refractivity contribution is 0.0966. The standard InChI is InChI=1S/C18H16ClFN4O/c1-12(23-15-5-3-14(20)4-6-15)16(8-9-21-2)24-18(25)13-7-10-22-17(19)11-13/h3-11,23H,2H2,1H3,(H,24,25)/b9-8-,16-12-. The first-order valence-electron chi connectivity index (χ1n) is 7.28. The molecule has 0 atom stereocenters. The molecule has 0 bridgehead atoms. The maximum Gasteiger partial charge on any atom is 0.255 e. The van der Waals surface area contributed by atoms with Gasteiger partial charge in [0.2, 0.25) is 0 Å². The molecule has 2 N–H and O–H groups in total. The lowest BCUT2D eigenvalue weighted by atomic mass is 10.2. The summed E-state index contributed by atoms with van der Waals surface area (Å²) in [7, 11) is 0. The number of carbonyl (C=O) groups excluding carboxylic acids is 1. The van der Waals surface area contributed by atoms with E-state index in [0.29, 0.717) is 22.6 Å². The third-order valence-corrected chi connectivity index (χ3v) is 3.37. The maximum atomic E-state index is 13.0. The summed E-state index contributed by atoms with van der Waals surface area (Å²) in [6.07, 6.45) is 4.50. The Balaban J connectivity index is 2.24. The van der Waals surface area contributed by atoms with Crippen LogP contribution < -0.4 is 10.6 Å². The molecule has 1 heterocycles. The van der Waals surface area contributed by atoms with E-state index in [1.807, 2.05) is 0 Å². The van der Waals surface area contributed by atoms with E-state index >= 15 is 0 Å². The van der Waals surface area contributed by atoms with E-state index in [4.69, 9.17) is 11.6 Å². The first-order valence-corrected chi connectivity index (χ1v) is 7.66. The molecule has 0 radical (unpaired) electrons. The lowest BCUT2D eigenvalue weighted by Gasteiger charge is -2.13. The summed E-state index contributed by atoms with van der Waals surface area (Å²) >= 11 is 5.81. The van der Waals surface area contributed by atoms with Crippen molar-refractivity contribution in [2.45, 2.75) is 6.92 Å². The Kier molecular flexibility index (Phi) is 6.42. The molecule has 0 aliphatic carbocycles. The number of nitrogens with one attached hydrogen (secondary N) is 2. The molecule has 0 aliphatic rings. The van der Waals surface area contributed by atoms with Crippen molar-refractivity contribution in [3.63, 3.8) is 0 Å². The van der Waals surface area contributed by atoms with E-state index in [1.165, 1.54) is 30.6 Å². The van der Waals surface area contributed by atoms with Crippen molar-refractivity contribution < 1.29 is 9.18 Å². The molecule has 1 aromatic carbocycles. The number of aromatic nitrogens is 1. The van der Waals surface area contributed by atoms with Crippen LogP contribution in [0, 0.1) is 5.82 Å². The molecule has 128 valence electrons. The van der Waals surface area contributed by atoms with E-state index in [2.05, 4.69) is 27.3 Å². The Morgan fingerprint density at radius 2 is 2.04 bits per heavy atom. The molecule has 7 heteroatoms. The highest BCUT2D eigenvalue weighted by atomic mass is 35.5. The highest BCUT2D eigenvalue weighted by molar-refractivity contribution is 6.29. The van der Waals surface area contributed by atoms with Crippen LogP contribution in [0.3, 0.4) is 0 Å². The number of pyridine rings is 1. The summed E-state index contributed by atoms with van der Waals surface area (Å²) in [5.41, 5.74) is 2.17. The molecule has 0 saturated carbocycles. The second kappa shape index (κ2) is 8.75. The molecule has 2 aromatic rings. The van der Waals surface area contributed by atoms with Crippen LogP contribution in [-0.4, -0.2) is 17.6 Å². The average Bonchev–Trinajstić information content (AvgIpc) is 2.60. The fourth-order valence-electron chi connectivity index (χ4n) is 1.94. The Bertz CT molecular complexity index is 831. The molecular weight excluding hydrogens is 343 g/mol. The lowest BCUT2D eigenvalue weighted by Crippen LogP contribution is -2.24. The molecule has 0 saturated heterocycles. The fourth-order valence-corrected chi connectivity index (χ4v) is 2.12. The van der Waals surface area contributed by atoms with E-state index < -0.39 is 0 Å². The van der Waals surface area contributed by atoms with Crippen molar-refractivity contribution in [2.24, 2.45) is 4.99 Å². The number of benzene rings is 1. The fraction of sp³-hybridized carbons (Fsp3) is 0.0556. The summed E-state index contributed by atoms with van der Waals surface area (Å²) in [6.45, 7) is 5.14. The number of hydrogen-bond donors (Lipinski definition) is 2. The minimum absolute atomic E-state index is 0.225. The summed E-state index contributed by atoms with van der Waals surface area (Å²) in [4.78, 5) is 19.9. The van der Waals surface area contributed by atoms with Crippen LogP contribution in [0.2, 0.25) is 5.15 Å². The van der Waals surface area contributed by atoms with Gasteiger partial charge in [-0.15, -0.1) is 0 Å². The van der Waals surface area contributed by atoms with Crippen molar-refractivity contribution in [3.8, 4) is 0 Å². The quantitative estimate of drug-likeness (QED) is 0.463. The molecule has 25 heavy (non-hydrogen) atoms. The predicted molar refractivity (Wildman–Crippen MR) is 98.1 cm³/mol. The molecule has 1 amide bonds. The minimum Gasteiger partial charge on any atom is -0.357 e. The number of carbonyl (C=O) groups is 1.